The Morgan fingerprint density at radius 3 is 2.70 bits per heavy atom. The third kappa shape index (κ3) is 4.39. The number of carbonyl (C=O) groups excluding carboxylic acids is 1. The van der Waals surface area contributed by atoms with Gasteiger partial charge in [0.2, 0.25) is 15.9 Å². The maximum absolute atomic E-state index is 12.3. The summed E-state index contributed by atoms with van der Waals surface area (Å²) >= 11 is 1.74. The summed E-state index contributed by atoms with van der Waals surface area (Å²) in [5, 5.41) is 3.13. The maximum Gasteiger partial charge on any atom is 0.240 e. The normalized spacial score (nSPS) is 24.4. The van der Waals surface area contributed by atoms with Crippen molar-refractivity contribution in [3.8, 4) is 0 Å². The molecule has 0 bridgehead atoms. The van der Waals surface area contributed by atoms with Gasteiger partial charge in [-0.25, -0.2) is 13.1 Å². The van der Waals surface area contributed by atoms with Gasteiger partial charge in [0, 0.05) is 24.9 Å². The summed E-state index contributed by atoms with van der Waals surface area (Å²) < 4.78 is 27.2. The molecule has 0 aliphatic carbocycles. The highest BCUT2D eigenvalue weighted by Gasteiger charge is 2.35. The summed E-state index contributed by atoms with van der Waals surface area (Å²) in [6.07, 6.45) is 0.492. The van der Waals surface area contributed by atoms with Gasteiger partial charge in [-0.15, -0.1) is 24.2 Å². The molecule has 2 N–H and O–H groups in total. The zero-order valence-corrected chi connectivity index (χ0v) is 14.9. The summed E-state index contributed by atoms with van der Waals surface area (Å²) in [4.78, 5) is 14.4. The van der Waals surface area contributed by atoms with Crippen molar-refractivity contribution in [2.24, 2.45) is 0 Å². The van der Waals surface area contributed by atoms with Gasteiger partial charge >= 0.3 is 0 Å². The van der Waals surface area contributed by atoms with Crippen molar-refractivity contribution in [1.29, 1.82) is 0 Å². The quantitative estimate of drug-likeness (QED) is 0.805. The number of hydrogen-bond acceptors (Lipinski definition) is 5. The molecule has 0 aromatic heterocycles. The highest BCUT2D eigenvalue weighted by molar-refractivity contribution is 7.99. The second-order valence-electron chi connectivity index (χ2n) is 5.47. The Kier molecular flexibility index (Phi) is 6.33. The van der Waals surface area contributed by atoms with Gasteiger partial charge in [0.15, 0.2) is 0 Å². The molecule has 1 aromatic carbocycles. The topological polar surface area (TPSA) is 78.5 Å². The van der Waals surface area contributed by atoms with Crippen molar-refractivity contribution in [2.45, 2.75) is 23.4 Å². The molecule has 0 unspecified atom stereocenters. The Bertz CT molecular complexity index is 636. The Morgan fingerprint density at radius 1 is 1.30 bits per heavy atom. The van der Waals surface area contributed by atoms with Crippen LogP contribution in [-0.4, -0.2) is 56.0 Å². The molecule has 2 aliphatic rings. The zero-order valence-electron chi connectivity index (χ0n) is 12.5. The van der Waals surface area contributed by atoms with Crippen LogP contribution in [0.5, 0.6) is 0 Å². The average Bonchev–Trinajstić information content (AvgIpc) is 3.18. The van der Waals surface area contributed by atoms with E-state index in [1.807, 2.05) is 4.90 Å². The SMILES string of the molecule is Cl.O=C([C@@H]1C[C@H](NS(=O)(=O)c2ccccc2)CN1)N1CCSC1. The molecule has 1 aromatic rings. The van der Waals surface area contributed by atoms with E-state index >= 15 is 0 Å². The molecule has 2 fully saturated rings. The first-order valence-electron chi connectivity index (χ1n) is 7.23. The first-order chi connectivity index (χ1) is 10.6. The minimum atomic E-state index is -3.53. The number of thioether (sulfide) groups is 1. The lowest BCUT2D eigenvalue weighted by molar-refractivity contribution is -0.131. The average molecular weight is 378 g/mol. The van der Waals surface area contributed by atoms with Crippen molar-refractivity contribution >= 4 is 40.1 Å². The molecular formula is C14H20ClN3O3S2. The number of nitrogens with one attached hydrogen (secondary N) is 2. The van der Waals surface area contributed by atoms with Gasteiger partial charge < -0.3 is 10.2 Å². The van der Waals surface area contributed by atoms with Gasteiger partial charge in [-0.05, 0) is 18.6 Å². The number of benzene rings is 1. The van der Waals surface area contributed by atoms with Crippen LogP contribution in [0.1, 0.15) is 6.42 Å². The van der Waals surface area contributed by atoms with Crippen molar-refractivity contribution in [1.82, 2.24) is 14.9 Å². The fraction of sp³-hybridized carbons (Fsp3) is 0.500. The van der Waals surface area contributed by atoms with Crippen LogP contribution < -0.4 is 10.0 Å². The number of hydrogen-bond donors (Lipinski definition) is 2. The Balaban J connectivity index is 0.00000192. The standard InChI is InChI=1S/C14H19N3O3S2.ClH/c18-14(17-6-7-21-10-17)13-8-11(9-15-13)16-22(19,20)12-4-2-1-3-5-12;/h1-5,11,13,15-16H,6-10H2;1H/t11-,13-;/m0./s1. The molecule has 2 saturated heterocycles. The number of carbonyl (C=O) groups is 1. The van der Waals surface area contributed by atoms with E-state index in [2.05, 4.69) is 10.0 Å². The zero-order chi connectivity index (χ0) is 15.6. The molecule has 0 saturated carbocycles. The summed E-state index contributed by atoms with van der Waals surface area (Å²) in [7, 11) is -3.53. The van der Waals surface area contributed by atoms with Crippen LogP contribution in [0.3, 0.4) is 0 Å². The fourth-order valence-corrected chi connectivity index (χ4v) is 4.93. The van der Waals surface area contributed by atoms with E-state index in [9.17, 15) is 13.2 Å². The van der Waals surface area contributed by atoms with E-state index in [-0.39, 0.29) is 35.3 Å². The number of rotatable bonds is 4. The number of sulfonamides is 1. The number of halogens is 1. The van der Waals surface area contributed by atoms with Gasteiger partial charge in [-0.2, -0.15) is 0 Å². The third-order valence-electron chi connectivity index (χ3n) is 3.87. The summed E-state index contributed by atoms with van der Waals surface area (Å²) in [6, 6.07) is 7.75. The first-order valence-corrected chi connectivity index (χ1v) is 9.87. The molecule has 2 heterocycles. The van der Waals surface area contributed by atoms with Crippen molar-refractivity contribution < 1.29 is 13.2 Å². The van der Waals surface area contributed by atoms with E-state index in [1.165, 1.54) is 0 Å². The van der Waals surface area contributed by atoms with Crippen LogP contribution in [0.25, 0.3) is 0 Å². The van der Waals surface area contributed by atoms with E-state index < -0.39 is 10.0 Å². The third-order valence-corrected chi connectivity index (χ3v) is 6.37. The van der Waals surface area contributed by atoms with E-state index in [0.29, 0.717) is 13.0 Å². The van der Waals surface area contributed by atoms with Gasteiger partial charge in [0.1, 0.15) is 0 Å². The molecule has 128 valence electrons. The van der Waals surface area contributed by atoms with E-state index in [0.717, 1.165) is 18.2 Å². The van der Waals surface area contributed by atoms with Crippen LogP contribution in [-0.2, 0) is 14.8 Å². The summed E-state index contributed by atoms with van der Waals surface area (Å²) in [5.74, 6) is 1.78. The van der Waals surface area contributed by atoms with Crippen LogP contribution >= 0.6 is 24.2 Å². The minimum Gasteiger partial charge on any atom is -0.331 e. The molecule has 2 aliphatic heterocycles. The van der Waals surface area contributed by atoms with Crippen LogP contribution in [0.2, 0.25) is 0 Å². The molecular weight excluding hydrogens is 358 g/mol. The molecule has 0 radical (unpaired) electrons. The monoisotopic (exact) mass is 377 g/mol. The predicted molar refractivity (Wildman–Crippen MR) is 93.2 cm³/mol. The minimum absolute atomic E-state index is 0. The maximum atomic E-state index is 12.3. The summed E-state index contributed by atoms with van der Waals surface area (Å²) in [5.41, 5.74) is 0. The van der Waals surface area contributed by atoms with Gasteiger partial charge in [0.05, 0.1) is 16.8 Å². The highest BCUT2D eigenvalue weighted by atomic mass is 35.5. The number of nitrogens with zero attached hydrogens (tertiary/aromatic N) is 1. The van der Waals surface area contributed by atoms with E-state index in [1.54, 1.807) is 42.1 Å². The second kappa shape index (κ2) is 7.85. The lowest BCUT2D eigenvalue weighted by Gasteiger charge is -2.19. The molecule has 23 heavy (non-hydrogen) atoms. The molecule has 1 amide bonds. The van der Waals surface area contributed by atoms with Crippen LogP contribution in [0.4, 0.5) is 0 Å². The molecule has 9 heteroatoms. The van der Waals surface area contributed by atoms with Gasteiger partial charge in [-0.3, -0.25) is 4.79 Å². The predicted octanol–water partition coefficient (Wildman–Crippen LogP) is 0.650. The van der Waals surface area contributed by atoms with Crippen molar-refractivity contribution in [3.05, 3.63) is 30.3 Å². The molecule has 3 rings (SSSR count). The molecule has 0 spiro atoms. The Morgan fingerprint density at radius 2 is 2.04 bits per heavy atom. The first kappa shape index (κ1) is 18.5. The lowest BCUT2D eigenvalue weighted by atomic mass is 10.1. The van der Waals surface area contributed by atoms with E-state index in [4.69, 9.17) is 0 Å². The highest BCUT2D eigenvalue weighted by Crippen LogP contribution is 2.18. The van der Waals surface area contributed by atoms with Gasteiger partial charge in [-0.1, -0.05) is 18.2 Å². The largest absolute Gasteiger partial charge is 0.331 e. The Labute approximate surface area is 146 Å². The molecule has 2 atom stereocenters. The van der Waals surface area contributed by atoms with Crippen molar-refractivity contribution in [2.75, 3.05) is 24.7 Å². The fourth-order valence-electron chi connectivity index (χ4n) is 2.71. The second-order valence-corrected chi connectivity index (χ2v) is 8.26. The Hall–Kier alpha value is -0.800. The van der Waals surface area contributed by atoms with Crippen LogP contribution in [0.15, 0.2) is 35.2 Å². The lowest BCUT2D eigenvalue weighted by Crippen LogP contribution is -2.42. The molecule has 6 nitrogen and oxygen atoms in total. The smallest absolute Gasteiger partial charge is 0.240 e. The number of amides is 1. The van der Waals surface area contributed by atoms with Crippen LogP contribution in [0, 0.1) is 0 Å². The van der Waals surface area contributed by atoms with Crippen molar-refractivity contribution in [3.63, 3.8) is 0 Å². The van der Waals surface area contributed by atoms with Gasteiger partial charge in [0.25, 0.3) is 0 Å². The summed E-state index contributed by atoms with van der Waals surface area (Å²) in [6.45, 7) is 1.26.